The van der Waals surface area contributed by atoms with E-state index in [0.717, 1.165) is 43.6 Å². The van der Waals surface area contributed by atoms with Gasteiger partial charge in [0.15, 0.2) is 0 Å². The monoisotopic (exact) mass is 263 g/mol. The van der Waals surface area contributed by atoms with Crippen molar-refractivity contribution < 1.29 is 9.90 Å². The predicted octanol–water partition coefficient (Wildman–Crippen LogP) is 1.91. The van der Waals surface area contributed by atoms with Crippen LogP contribution < -0.4 is 5.73 Å². The van der Waals surface area contributed by atoms with Crippen LogP contribution in [-0.2, 0) is 4.79 Å². The lowest BCUT2D eigenvalue weighted by Crippen LogP contribution is -2.38. The average Bonchev–Trinajstić information content (AvgIpc) is 2.42. The third kappa shape index (κ3) is 3.04. The summed E-state index contributed by atoms with van der Waals surface area (Å²) in [5, 5.41) is 9.03. The van der Waals surface area contributed by atoms with E-state index in [0.29, 0.717) is 0 Å². The fourth-order valence-corrected chi connectivity index (χ4v) is 2.85. The third-order valence-electron chi connectivity index (χ3n) is 3.95. The topological polar surface area (TPSA) is 79.5 Å². The van der Waals surface area contributed by atoms with Gasteiger partial charge in [-0.2, -0.15) is 0 Å². The van der Waals surface area contributed by atoms with E-state index in [4.69, 9.17) is 10.8 Å². The first-order valence-corrected chi connectivity index (χ1v) is 6.79. The molecule has 0 radical (unpaired) electrons. The molecule has 104 valence electrons. The minimum Gasteiger partial charge on any atom is -0.481 e. The molecule has 1 unspecified atom stereocenters. The number of nitrogen functional groups attached to an aromatic ring is 1. The molecule has 1 aliphatic rings. The molecule has 19 heavy (non-hydrogen) atoms. The van der Waals surface area contributed by atoms with E-state index >= 15 is 0 Å². The number of hydrogen-bond acceptors (Lipinski definition) is 4. The zero-order valence-corrected chi connectivity index (χ0v) is 11.2. The number of aromatic nitrogens is 1. The number of nitrogens with zero attached hydrogens (tertiary/aromatic N) is 2. The van der Waals surface area contributed by atoms with Crippen molar-refractivity contribution in [1.29, 1.82) is 0 Å². The summed E-state index contributed by atoms with van der Waals surface area (Å²) in [5.74, 6) is -0.861. The molecule has 1 atom stereocenters. The molecule has 0 amide bonds. The van der Waals surface area contributed by atoms with Gasteiger partial charge in [0.25, 0.3) is 0 Å². The molecule has 0 aromatic carbocycles. The van der Waals surface area contributed by atoms with Crippen molar-refractivity contribution in [1.82, 2.24) is 9.88 Å². The van der Waals surface area contributed by atoms with Crippen molar-refractivity contribution in [3.63, 3.8) is 0 Å². The molecule has 1 aromatic rings. The van der Waals surface area contributed by atoms with Crippen molar-refractivity contribution in [2.24, 2.45) is 5.92 Å². The number of anilines is 1. The van der Waals surface area contributed by atoms with Gasteiger partial charge in [-0.3, -0.25) is 14.7 Å². The molecule has 1 saturated heterocycles. The molecule has 0 bridgehead atoms. The molecular weight excluding hydrogens is 242 g/mol. The number of carbonyl (C=O) groups is 1. The van der Waals surface area contributed by atoms with Crippen LogP contribution in [0.1, 0.15) is 37.8 Å². The molecule has 0 aliphatic carbocycles. The summed E-state index contributed by atoms with van der Waals surface area (Å²) in [6, 6.07) is 2.23. The van der Waals surface area contributed by atoms with E-state index in [1.54, 1.807) is 12.4 Å². The molecule has 5 nitrogen and oxygen atoms in total. The normalized spacial score (nSPS) is 19.2. The van der Waals surface area contributed by atoms with Gasteiger partial charge in [0.05, 0.1) is 17.8 Å². The smallest absolute Gasteiger partial charge is 0.306 e. The highest BCUT2D eigenvalue weighted by molar-refractivity contribution is 5.70. The van der Waals surface area contributed by atoms with E-state index in [2.05, 4.69) is 16.8 Å². The Balaban J connectivity index is 2.08. The SMILES string of the molecule is CCC(c1ccncc1N)N1CCC(C(=O)O)CC1. The predicted molar refractivity (Wildman–Crippen MR) is 73.6 cm³/mol. The molecule has 2 rings (SSSR count). The number of likely N-dealkylation sites (tertiary alicyclic amines) is 1. The number of piperidine rings is 1. The Morgan fingerprint density at radius 2 is 2.26 bits per heavy atom. The van der Waals surface area contributed by atoms with Crippen molar-refractivity contribution in [2.45, 2.75) is 32.2 Å². The maximum absolute atomic E-state index is 11.0. The van der Waals surface area contributed by atoms with E-state index in [1.165, 1.54) is 0 Å². The van der Waals surface area contributed by atoms with Gasteiger partial charge < -0.3 is 10.8 Å². The Kier molecular flexibility index (Phi) is 4.37. The van der Waals surface area contributed by atoms with E-state index in [1.807, 2.05) is 6.07 Å². The summed E-state index contributed by atoms with van der Waals surface area (Å²) in [4.78, 5) is 17.3. The Morgan fingerprint density at radius 3 is 2.79 bits per heavy atom. The van der Waals surface area contributed by atoms with Crippen LogP contribution in [0, 0.1) is 5.92 Å². The molecule has 1 fully saturated rings. The minimum atomic E-state index is -0.670. The Morgan fingerprint density at radius 1 is 1.58 bits per heavy atom. The van der Waals surface area contributed by atoms with Crippen LogP contribution in [0.4, 0.5) is 5.69 Å². The Bertz CT molecular complexity index is 442. The van der Waals surface area contributed by atoms with Crippen LogP contribution in [0.3, 0.4) is 0 Å². The molecule has 1 aromatic heterocycles. The van der Waals surface area contributed by atoms with Gasteiger partial charge in [-0.05, 0) is 44.0 Å². The van der Waals surface area contributed by atoms with Gasteiger partial charge >= 0.3 is 5.97 Å². The number of nitrogens with two attached hydrogens (primary N) is 1. The third-order valence-corrected chi connectivity index (χ3v) is 3.95. The number of carboxylic acids is 1. The summed E-state index contributed by atoms with van der Waals surface area (Å²) in [6.45, 7) is 3.77. The van der Waals surface area contributed by atoms with Crippen molar-refractivity contribution >= 4 is 11.7 Å². The van der Waals surface area contributed by atoms with Crippen LogP contribution >= 0.6 is 0 Å². The zero-order valence-electron chi connectivity index (χ0n) is 11.2. The molecule has 0 saturated carbocycles. The molecular formula is C14H21N3O2. The van der Waals surface area contributed by atoms with E-state index in [-0.39, 0.29) is 12.0 Å². The van der Waals surface area contributed by atoms with Crippen LogP contribution in [0.15, 0.2) is 18.5 Å². The second kappa shape index (κ2) is 6.02. The Labute approximate surface area is 113 Å². The van der Waals surface area contributed by atoms with Crippen LogP contribution in [0.5, 0.6) is 0 Å². The fraction of sp³-hybridized carbons (Fsp3) is 0.571. The Hall–Kier alpha value is -1.62. The summed E-state index contributed by atoms with van der Waals surface area (Å²) >= 11 is 0. The fourth-order valence-electron chi connectivity index (χ4n) is 2.85. The number of aliphatic carboxylic acids is 1. The summed E-state index contributed by atoms with van der Waals surface area (Å²) in [5.41, 5.74) is 7.82. The summed E-state index contributed by atoms with van der Waals surface area (Å²) in [6.07, 6.45) is 5.85. The first-order valence-electron chi connectivity index (χ1n) is 6.79. The number of carboxylic acid groups (broad SMARTS) is 1. The lowest BCUT2D eigenvalue weighted by atomic mass is 9.93. The van der Waals surface area contributed by atoms with Gasteiger partial charge in [0.2, 0.25) is 0 Å². The minimum absolute atomic E-state index is 0.191. The largest absolute Gasteiger partial charge is 0.481 e. The standard InChI is InChI=1S/C14H21N3O2/c1-2-13(11-3-6-16-9-12(11)15)17-7-4-10(5-8-17)14(18)19/h3,6,9-10,13H,2,4-5,7-8,15H2,1H3,(H,18,19). The second-order valence-corrected chi connectivity index (χ2v) is 5.08. The number of hydrogen-bond donors (Lipinski definition) is 2. The molecule has 0 spiro atoms. The molecule has 5 heteroatoms. The van der Waals surface area contributed by atoms with Gasteiger partial charge in [-0.15, -0.1) is 0 Å². The van der Waals surface area contributed by atoms with Gasteiger partial charge in [-0.25, -0.2) is 0 Å². The van der Waals surface area contributed by atoms with Gasteiger partial charge in [0.1, 0.15) is 0 Å². The van der Waals surface area contributed by atoms with Crippen molar-refractivity contribution in [3.05, 3.63) is 24.0 Å². The van der Waals surface area contributed by atoms with E-state index < -0.39 is 5.97 Å². The lowest BCUT2D eigenvalue weighted by Gasteiger charge is -2.36. The highest BCUT2D eigenvalue weighted by atomic mass is 16.4. The van der Waals surface area contributed by atoms with Crippen molar-refractivity contribution in [3.8, 4) is 0 Å². The lowest BCUT2D eigenvalue weighted by molar-refractivity contribution is -0.143. The molecule has 1 aliphatic heterocycles. The summed E-state index contributed by atoms with van der Waals surface area (Å²) < 4.78 is 0. The maximum Gasteiger partial charge on any atom is 0.306 e. The molecule has 3 N–H and O–H groups in total. The maximum atomic E-state index is 11.0. The van der Waals surface area contributed by atoms with Crippen LogP contribution in [0.2, 0.25) is 0 Å². The number of pyridine rings is 1. The second-order valence-electron chi connectivity index (χ2n) is 5.08. The first kappa shape index (κ1) is 13.8. The highest BCUT2D eigenvalue weighted by Crippen LogP contribution is 2.31. The average molecular weight is 263 g/mol. The van der Waals surface area contributed by atoms with Crippen LogP contribution in [-0.4, -0.2) is 34.0 Å². The molecule has 2 heterocycles. The zero-order chi connectivity index (χ0) is 13.8. The highest BCUT2D eigenvalue weighted by Gasteiger charge is 2.29. The van der Waals surface area contributed by atoms with Gasteiger partial charge in [-0.1, -0.05) is 6.92 Å². The van der Waals surface area contributed by atoms with E-state index in [9.17, 15) is 4.79 Å². The van der Waals surface area contributed by atoms with Gasteiger partial charge in [0, 0.05) is 12.2 Å². The summed E-state index contributed by atoms with van der Waals surface area (Å²) in [7, 11) is 0. The van der Waals surface area contributed by atoms with Crippen molar-refractivity contribution in [2.75, 3.05) is 18.8 Å². The quantitative estimate of drug-likeness (QED) is 0.867. The number of rotatable bonds is 4. The van der Waals surface area contributed by atoms with Crippen LogP contribution in [0.25, 0.3) is 0 Å². The first-order chi connectivity index (χ1) is 9.13.